The third-order valence-electron chi connectivity index (χ3n) is 2.28. The van der Waals surface area contributed by atoms with Crippen LogP contribution in [0.15, 0.2) is 18.2 Å². The van der Waals surface area contributed by atoms with Gasteiger partial charge < -0.3 is 15.3 Å². The fraction of sp³-hybridized carbons (Fsp3) is 0.200. The first-order valence-electron chi connectivity index (χ1n) is 4.62. The van der Waals surface area contributed by atoms with Crippen LogP contribution in [0.4, 0.5) is 14.9 Å². The number of halogens is 1. The van der Waals surface area contributed by atoms with Crippen molar-refractivity contribution >= 4 is 17.7 Å². The van der Waals surface area contributed by atoms with Gasteiger partial charge in [0.25, 0.3) is 0 Å². The molecular weight excluding hydrogens is 215 g/mol. The number of carbonyl (C=O) groups is 2. The topological polar surface area (TPSA) is 69.6 Å². The lowest BCUT2D eigenvalue weighted by atomic mass is 10.1. The molecule has 2 amide bonds. The molecule has 16 heavy (non-hydrogen) atoms. The third-order valence-corrected chi connectivity index (χ3v) is 2.28. The predicted molar refractivity (Wildman–Crippen MR) is 53.5 cm³/mol. The van der Waals surface area contributed by atoms with Gasteiger partial charge in [-0.25, -0.2) is 9.18 Å². The molecule has 0 bridgehead atoms. The molecule has 1 aromatic rings. The molecule has 0 spiro atoms. The van der Waals surface area contributed by atoms with Crippen LogP contribution < -0.4 is 5.32 Å². The Morgan fingerprint density at radius 1 is 1.56 bits per heavy atom. The molecule has 1 aliphatic heterocycles. The van der Waals surface area contributed by atoms with E-state index in [1.54, 1.807) is 0 Å². The summed E-state index contributed by atoms with van der Waals surface area (Å²) in [5.41, 5.74) is 1.09. The molecule has 0 unspecified atom stereocenters. The highest BCUT2D eigenvalue weighted by atomic mass is 19.1. The average Bonchev–Trinajstić information content (AvgIpc) is 2.19. The van der Waals surface area contributed by atoms with E-state index in [0.29, 0.717) is 11.3 Å². The molecule has 5 nitrogen and oxygen atoms in total. The van der Waals surface area contributed by atoms with E-state index in [1.807, 2.05) is 0 Å². The Kier molecular flexibility index (Phi) is 2.47. The third kappa shape index (κ3) is 1.95. The molecule has 0 fully saturated rings. The van der Waals surface area contributed by atoms with Crippen molar-refractivity contribution in [3.8, 4) is 0 Å². The van der Waals surface area contributed by atoms with Crippen LogP contribution in [0, 0.1) is 5.82 Å². The second-order valence-corrected chi connectivity index (χ2v) is 3.48. The van der Waals surface area contributed by atoms with Crippen LogP contribution in [-0.2, 0) is 11.3 Å². The highest BCUT2D eigenvalue weighted by Crippen LogP contribution is 2.23. The Labute approximate surface area is 90.5 Å². The molecule has 1 aliphatic rings. The summed E-state index contributed by atoms with van der Waals surface area (Å²) in [5, 5.41) is 11.1. The van der Waals surface area contributed by atoms with Crippen molar-refractivity contribution in [1.82, 2.24) is 4.90 Å². The molecule has 1 heterocycles. The lowest BCUT2D eigenvalue weighted by molar-refractivity contribution is -0.137. The number of nitrogens with one attached hydrogen (secondary N) is 1. The summed E-state index contributed by atoms with van der Waals surface area (Å²) in [4.78, 5) is 23.0. The van der Waals surface area contributed by atoms with Crippen molar-refractivity contribution in [3.05, 3.63) is 29.6 Å². The SMILES string of the molecule is O=C(O)CN1Cc2cc(F)ccc2NC1=O. The van der Waals surface area contributed by atoms with Crippen LogP contribution in [0.3, 0.4) is 0 Å². The van der Waals surface area contributed by atoms with E-state index in [2.05, 4.69) is 5.32 Å². The van der Waals surface area contributed by atoms with E-state index >= 15 is 0 Å². The molecule has 1 aromatic carbocycles. The van der Waals surface area contributed by atoms with Gasteiger partial charge in [-0.3, -0.25) is 4.79 Å². The van der Waals surface area contributed by atoms with Gasteiger partial charge in [-0.15, -0.1) is 0 Å². The first-order valence-corrected chi connectivity index (χ1v) is 4.62. The minimum atomic E-state index is -1.10. The largest absolute Gasteiger partial charge is 0.480 e. The molecule has 0 radical (unpaired) electrons. The molecular formula is C10H9FN2O3. The summed E-state index contributed by atoms with van der Waals surface area (Å²) in [6.07, 6.45) is 0. The summed E-state index contributed by atoms with van der Waals surface area (Å²) in [6, 6.07) is 3.50. The first kappa shape index (κ1) is 10.4. The van der Waals surface area contributed by atoms with Gasteiger partial charge in [0.1, 0.15) is 12.4 Å². The molecule has 0 aromatic heterocycles. The number of amides is 2. The number of benzene rings is 1. The number of hydrogen-bond acceptors (Lipinski definition) is 2. The lowest BCUT2D eigenvalue weighted by Gasteiger charge is -2.27. The smallest absolute Gasteiger partial charge is 0.323 e. The summed E-state index contributed by atoms with van der Waals surface area (Å²) in [7, 11) is 0. The number of rotatable bonds is 2. The van der Waals surface area contributed by atoms with Gasteiger partial charge in [0, 0.05) is 5.69 Å². The van der Waals surface area contributed by atoms with Gasteiger partial charge in [-0.05, 0) is 23.8 Å². The molecule has 0 aliphatic carbocycles. The van der Waals surface area contributed by atoms with Crippen molar-refractivity contribution in [2.75, 3.05) is 11.9 Å². The van der Waals surface area contributed by atoms with E-state index in [0.717, 1.165) is 4.90 Å². The van der Waals surface area contributed by atoms with Crippen molar-refractivity contribution in [3.63, 3.8) is 0 Å². The van der Waals surface area contributed by atoms with Crippen LogP contribution in [0.25, 0.3) is 0 Å². The van der Waals surface area contributed by atoms with E-state index in [1.165, 1.54) is 18.2 Å². The van der Waals surface area contributed by atoms with E-state index in [4.69, 9.17) is 5.11 Å². The van der Waals surface area contributed by atoms with Crippen molar-refractivity contribution in [1.29, 1.82) is 0 Å². The van der Waals surface area contributed by atoms with Gasteiger partial charge in [0.15, 0.2) is 0 Å². The van der Waals surface area contributed by atoms with Gasteiger partial charge in [0.2, 0.25) is 0 Å². The number of carboxylic acid groups (broad SMARTS) is 1. The molecule has 0 saturated heterocycles. The van der Waals surface area contributed by atoms with Gasteiger partial charge >= 0.3 is 12.0 Å². The zero-order chi connectivity index (χ0) is 11.7. The number of urea groups is 1. The zero-order valence-electron chi connectivity index (χ0n) is 8.24. The molecule has 0 atom stereocenters. The Balaban J connectivity index is 2.26. The number of carbonyl (C=O) groups excluding carboxylic acids is 1. The zero-order valence-corrected chi connectivity index (χ0v) is 8.24. The molecule has 2 N–H and O–H groups in total. The Morgan fingerprint density at radius 2 is 2.31 bits per heavy atom. The first-order chi connectivity index (χ1) is 7.56. The number of hydrogen-bond donors (Lipinski definition) is 2. The highest BCUT2D eigenvalue weighted by Gasteiger charge is 2.24. The van der Waals surface area contributed by atoms with Gasteiger partial charge in [-0.1, -0.05) is 0 Å². The minimum absolute atomic E-state index is 0.102. The maximum Gasteiger partial charge on any atom is 0.323 e. The van der Waals surface area contributed by atoms with Crippen molar-refractivity contribution in [2.24, 2.45) is 0 Å². The second kappa shape index (κ2) is 3.80. The molecule has 2 rings (SSSR count). The standard InChI is InChI=1S/C10H9FN2O3/c11-7-1-2-8-6(3-7)4-13(5-9(14)15)10(16)12-8/h1-3H,4-5H2,(H,12,16)(H,14,15). The van der Waals surface area contributed by atoms with Gasteiger partial charge in [-0.2, -0.15) is 0 Å². The Hall–Kier alpha value is -2.11. The number of carboxylic acids is 1. The van der Waals surface area contributed by atoms with Crippen molar-refractivity contribution in [2.45, 2.75) is 6.54 Å². The summed E-state index contributed by atoms with van der Waals surface area (Å²) in [5.74, 6) is -1.51. The molecule has 84 valence electrons. The summed E-state index contributed by atoms with van der Waals surface area (Å²) >= 11 is 0. The average molecular weight is 224 g/mol. The molecule has 6 heteroatoms. The highest BCUT2D eigenvalue weighted by molar-refractivity contribution is 5.94. The van der Waals surface area contributed by atoms with E-state index < -0.39 is 24.4 Å². The number of nitrogens with zero attached hydrogens (tertiary/aromatic N) is 1. The fourth-order valence-corrected chi connectivity index (χ4v) is 1.58. The minimum Gasteiger partial charge on any atom is -0.480 e. The maximum absolute atomic E-state index is 12.9. The Bertz CT molecular complexity index is 461. The summed E-state index contributed by atoms with van der Waals surface area (Å²) < 4.78 is 12.9. The number of fused-ring (bicyclic) bond motifs is 1. The lowest BCUT2D eigenvalue weighted by Crippen LogP contribution is -2.41. The maximum atomic E-state index is 12.9. The van der Waals surface area contributed by atoms with Crippen LogP contribution in [-0.4, -0.2) is 28.6 Å². The normalized spacial score (nSPS) is 14.3. The number of anilines is 1. The second-order valence-electron chi connectivity index (χ2n) is 3.48. The predicted octanol–water partition coefficient (Wildman–Crippen LogP) is 1.26. The van der Waals surface area contributed by atoms with Crippen LogP contribution in [0.5, 0.6) is 0 Å². The van der Waals surface area contributed by atoms with Crippen LogP contribution >= 0.6 is 0 Å². The van der Waals surface area contributed by atoms with E-state index in [-0.39, 0.29) is 6.54 Å². The number of aliphatic carboxylic acids is 1. The monoisotopic (exact) mass is 224 g/mol. The fourth-order valence-electron chi connectivity index (χ4n) is 1.58. The van der Waals surface area contributed by atoms with Crippen molar-refractivity contribution < 1.29 is 19.1 Å². The van der Waals surface area contributed by atoms with Crippen LogP contribution in [0.2, 0.25) is 0 Å². The van der Waals surface area contributed by atoms with Crippen LogP contribution in [0.1, 0.15) is 5.56 Å². The quantitative estimate of drug-likeness (QED) is 0.794. The van der Waals surface area contributed by atoms with E-state index in [9.17, 15) is 14.0 Å². The Morgan fingerprint density at radius 3 is 3.00 bits per heavy atom. The van der Waals surface area contributed by atoms with Gasteiger partial charge in [0.05, 0.1) is 6.54 Å². The molecule has 0 saturated carbocycles. The summed E-state index contributed by atoms with van der Waals surface area (Å²) in [6.45, 7) is -0.299.